The molecule has 0 aromatic rings. The third-order valence-corrected chi connectivity index (χ3v) is 3.67. The van der Waals surface area contributed by atoms with E-state index in [1.165, 1.54) is 0 Å². The van der Waals surface area contributed by atoms with E-state index in [-0.39, 0.29) is 5.54 Å². The summed E-state index contributed by atoms with van der Waals surface area (Å²) in [5.41, 5.74) is -1.46. The fraction of sp³-hybridized carbons (Fsp3) is 0.846. The number of amides is 1. The smallest absolute Gasteiger partial charge is 0.408 e. The number of aldehydes is 1. The van der Waals surface area contributed by atoms with Gasteiger partial charge in [0.2, 0.25) is 0 Å². The molecule has 2 saturated heterocycles. The van der Waals surface area contributed by atoms with Crippen LogP contribution in [-0.4, -0.2) is 35.7 Å². The van der Waals surface area contributed by atoms with E-state index in [0.717, 1.165) is 19.1 Å². The maximum Gasteiger partial charge on any atom is 0.408 e. The number of hydrogen-bond donors (Lipinski definition) is 1. The lowest BCUT2D eigenvalue weighted by Crippen LogP contribution is -2.63. The lowest BCUT2D eigenvalue weighted by molar-refractivity contribution is -0.166. The zero-order valence-electron chi connectivity index (χ0n) is 11.2. The second-order valence-corrected chi connectivity index (χ2v) is 6.38. The molecule has 0 atom stereocenters. The van der Waals surface area contributed by atoms with Gasteiger partial charge in [-0.2, -0.15) is 0 Å². The van der Waals surface area contributed by atoms with Crippen molar-refractivity contribution >= 4 is 12.4 Å². The minimum absolute atomic E-state index is 0.354. The number of alkyl carbamates (subject to hydrolysis) is 1. The summed E-state index contributed by atoms with van der Waals surface area (Å²) in [4.78, 5) is 22.8. The Bertz CT molecular complexity index is 334. The zero-order valence-corrected chi connectivity index (χ0v) is 11.2. The molecule has 2 aliphatic heterocycles. The maximum atomic E-state index is 11.8. The number of ether oxygens (including phenoxy) is 2. The van der Waals surface area contributed by atoms with Gasteiger partial charge in [-0.05, 0) is 46.5 Å². The van der Waals surface area contributed by atoms with Crippen molar-refractivity contribution in [2.24, 2.45) is 0 Å². The van der Waals surface area contributed by atoms with Crippen molar-refractivity contribution in [3.63, 3.8) is 0 Å². The maximum absolute atomic E-state index is 11.8. The highest BCUT2D eigenvalue weighted by Gasteiger charge is 2.50. The Kier molecular flexibility index (Phi) is 3.13. The Morgan fingerprint density at radius 3 is 2.28 bits per heavy atom. The van der Waals surface area contributed by atoms with Gasteiger partial charge in [0, 0.05) is 0 Å². The van der Waals surface area contributed by atoms with Gasteiger partial charge < -0.3 is 19.6 Å². The number of hydrogen-bond acceptors (Lipinski definition) is 4. The summed E-state index contributed by atoms with van der Waals surface area (Å²) in [5.74, 6) is 0. The molecule has 0 radical (unpaired) electrons. The molecule has 3 aliphatic rings. The van der Waals surface area contributed by atoms with Gasteiger partial charge in [-0.1, -0.05) is 0 Å². The van der Waals surface area contributed by atoms with E-state index in [1.54, 1.807) is 0 Å². The van der Waals surface area contributed by atoms with Gasteiger partial charge in [0.05, 0.1) is 12.1 Å². The van der Waals surface area contributed by atoms with Gasteiger partial charge in [-0.3, -0.25) is 0 Å². The molecule has 0 aromatic heterocycles. The lowest BCUT2D eigenvalue weighted by atomic mass is 9.72. The Morgan fingerprint density at radius 2 is 1.89 bits per heavy atom. The summed E-state index contributed by atoms with van der Waals surface area (Å²) < 4.78 is 10.9. The minimum atomic E-state index is -0.600. The largest absolute Gasteiger partial charge is 0.444 e. The first-order chi connectivity index (χ1) is 8.28. The van der Waals surface area contributed by atoms with E-state index < -0.39 is 17.3 Å². The second-order valence-electron chi connectivity index (χ2n) is 6.38. The average Bonchev–Trinajstić information content (AvgIpc) is 2.28. The van der Waals surface area contributed by atoms with E-state index >= 15 is 0 Å². The van der Waals surface area contributed by atoms with Crippen LogP contribution in [-0.2, 0) is 14.3 Å². The predicted octanol–water partition coefficient (Wildman–Crippen LogP) is 1.79. The van der Waals surface area contributed by atoms with Crippen molar-refractivity contribution < 1.29 is 19.1 Å². The standard InChI is InChI=1S/C13H21NO4/c1-11(2,3)18-10(16)14-12-4-6-13(8-15,7-5-12)17-9-12/h8H,4-7,9H2,1-3H3,(H,14,16). The van der Waals surface area contributed by atoms with Gasteiger partial charge in [0.1, 0.15) is 11.2 Å². The van der Waals surface area contributed by atoms with Crippen LogP contribution in [0, 0.1) is 0 Å². The molecule has 1 saturated carbocycles. The Morgan fingerprint density at radius 1 is 1.28 bits per heavy atom. The van der Waals surface area contributed by atoms with Crippen molar-refractivity contribution in [3.8, 4) is 0 Å². The van der Waals surface area contributed by atoms with Crippen LogP contribution in [0.4, 0.5) is 4.79 Å². The summed E-state index contributed by atoms with van der Waals surface area (Å²) in [6.45, 7) is 5.89. The molecule has 5 heteroatoms. The summed E-state index contributed by atoms with van der Waals surface area (Å²) in [6, 6.07) is 0. The molecule has 1 aliphatic carbocycles. The van der Waals surface area contributed by atoms with Crippen molar-refractivity contribution in [3.05, 3.63) is 0 Å². The van der Waals surface area contributed by atoms with Crippen molar-refractivity contribution in [1.29, 1.82) is 0 Å². The first-order valence-electron chi connectivity index (χ1n) is 6.40. The molecule has 2 bridgehead atoms. The van der Waals surface area contributed by atoms with Crippen molar-refractivity contribution in [2.75, 3.05) is 6.61 Å². The van der Waals surface area contributed by atoms with Crippen LogP contribution in [0.1, 0.15) is 46.5 Å². The third-order valence-electron chi connectivity index (χ3n) is 3.67. The van der Waals surface area contributed by atoms with E-state index in [9.17, 15) is 9.59 Å². The van der Waals surface area contributed by atoms with Gasteiger partial charge in [-0.25, -0.2) is 4.79 Å². The molecule has 18 heavy (non-hydrogen) atoms. The predicted molar refractivity (Wildman–Crippen MR) is 65.3 cm³/mol. The number of fused-ring (bicyclic) bond motifs is 3. The third kappa shape index (κ3) is 2.66. The minimum Gasteiger partial charge on any atom is -0.444 e. The molecular formula is C13H21NO4. The highest BCUT2D eigenvalue weighted by atomic mass is 16.6. The van der Waals surface area contributed by atoms with Crippen LogP contribution in [0.3, 0.4) is 0 Å². The first-order valence-corrected chi connectivity index (χ1v) is 6.40. The molecule has 1 N–H and O–H groups in total. The molecule has 3 rings (SSSR count). The Labute approximate surface area is 107 Å². The van der Waals surface area contributed by atoms with Crippen molar-refractivity contribution in [2.45, 2.75) is 63.2 Å². The zero-order chi connectivity index (χ0) is 13.4. The number of nitrogens with one attached hydrogen (secondary N) is 1. The Hall–Kier alpha value is -1.10. The normalized spacial score (nSPS) is 35.1. The van der Waals surface area contributed by atoms with Crippen molar-refractivity contribution in [1.82, 2.24) is 5.32 Å². The summed E-state index contributed by atoms with van der Waals surface area (Å²) in [7, 11) is 0. The van der Waals surface area contributed by atoms with Crippen LogP contribution in [0.5, 0.6) is 0 Å². The molecule has 3 fully saturated rings. The Balaban J connectivity index is 1.95. The van der Waals surface area contributed by atoms with Crippen LogP contribution in [0.25, 0.3) is 0 Å². The van der Waals surface area contributed by atoms with Crippen LogP contribution < -0.4 is 5.32 Å². The molecule has 1 amide bonds. The average molecular weight is 255 g/mol. The number of carbonyl (C=O) groups excluding carboxylic acids is 2. The second kappa shape index (κ2) is 4.23. The fourth-order valence-corrected chi connectivity index (χ4v) is 2.56. The molecule has 0 unspecified atom stereocenters. The molecule has 0 aromatic carbocycles. The highest BCUT2D eigenvalue weighted by molar-refractivity contribution is 5.69. The first kappa shape index (κ1) is 13.3. The molecule has 102 valence electrons. The van der Waals surface area contributed by atoms with Crippen LogP contribution in [0.2, 0.25) is 0 Å². The van der Waals surface area contributed by atoms with Crippen LogP contribution in [0.15, 0.2) is 0 Å². The number of rotatable bonds is 2. The van der Waals surface area contributed by atoms with E-state index in [2.05, 4.69) is 5.32 Å². The monoisotopic (exact) mass is 255 g/mol. The SMILES string of the molecule is CC(C)(C)OC(=O)NC12CCC(C=O)(CC1)OC2. The van der Waals surface area contributed by atoms with Gasteiger partial charge in [0.15, 0.2) is 6.29 Å². The van der Waals surface area contributed by atoms with E-state index in [0.29, 0.717) is 19.4 Å². The van der Waals surface area contributed by atoms with Gasteiger partial charge >= 0.3 is 6.09 Å². The molecule has 0 spiro atoms. The summed E-state index contributed by atoms with van der Waals surface area (Å²) in [5, 5.41) is 2.92. The van der Waals surface area contributed by atoms with E-state index in [4.69, 9.17) is 9.47 Å². The lowest BCUT2D eigenvalue weighted by Gasteiger charge is -2.50. The molecule has 5 nitrogen and oxygen atoms in total. The van der Waals surface area contributed by atoms with Crippen LogP contribution >= 0.6 is 0 Å². The van der Waals surface area contributed by atoms with Gasteiger partial charge in [-0.15, -0.1) is 0 Å². The quantitative estimate of drug-likeness (QED) is 0.764. The summed E-state index contributed by atoms with van der Waals surface area (Å²) >= 11 is 0. The van der Waals surface area contributed by atoms with E-state index in [1.807, 2.05) is 20.8 Å². The topological polar surface area (TPSA) is 64.6 Å². The highest BCUT2D eigenvalue weighted by Crippen LogP contribution is 2.42. The van der Waals surface area contributed by atoms with Gasteiger partial charge in [0.25, 0.3) is 0 Å². The molecular weight excluding hydrogens is 234 g/mol. The fourth-order valence-electron chi connectivity index (χ4n) is 2.56. The number of carbonyl (C=O) groups is 2. The summed E-state index contributed by atoms with van der Waals surface area (Å²) in [6.07, 6.45) is 3.38. The molecule has 2 heterocycles.